The van der Waals surface area contributed by atoms with Crippen LogP contribution in [0.1, 0.15) is 31.3 Å². The highest BCUT2D eigenvalue weighted by Gasteiger charge is 2.32. The summed E-state index contributed by atoms with van der Waals surface area (Å²) in [5, 5.41) is 0. The maximum atomic E-state index is 11.4. The van der Waals surface area contributed by atoms with Crippen molar-refractivity contribution in [3.05, 3.63) is 17.7 Å². The number of ether oxygens (including phenoxy) is 2. The van der Waals surface area contributed by atoms with Crippen molar-refractivity contribution in [2.75, 3.05) is 14.2 Å². The fourth-order valence-corrected chi connectivity index (χ4v) is 2.14. The van der Waals surface area contributed by atoms with Gasteiger partial charge in [-0.2, -0.15) is 0 Å². The number of rotatable bonds is 6. The summed E-state index contributed by atoms with van der Waals surface area (Å²) in [5.74, 6) is 0.00676. The highest BCUT2D eigenvalue weighted by Crippen LogP contribution is 2.30. The van der Waals surface area contributed by atoms with E-state index in [1.807, 2.05) is 0 Å². The first kappa shape index (κ1) is 16.9. The van der Waals surface area contributed by atoms with E-state index in [0.717, 1.165) is 0 Å². The smallest absolute Gasteiger partial charge is 0.325 e. The number of methoxy groups -OCH3 is 2. The molecule has 23 heavy (non-hydrogen) atoms. The van der Waals surface area contributed by atoms with Crippen LogP contribution in [0.15, 0.2) is 16.2 Å². The highest BCUT2D eigenvalue weighted by atomic mass is 16.5. The van der Waals surface area contributed by atoms with Crippen LogP contribution in [0.2, 0.25) is 0 Å². The molecule has 0 bridgehead atoms. The summed E-state index contributed by atoms with van der Waals surface area (Å²) in [6.45, 7) is 3.67. The van der Waals surface area contributed by atoms with Crippen molar-refractivity contribution >= 4 is 23.9 Å². The molecule has 2 rings (SSSR count). The van der Waals surface area contributed by atoms with E-state index in [0.29, 0.717) is 23.7 Å². The van der Waals surface area contributed by atoms with Crippen molar-refractivity contribution in [3.63, 3.8) is 0 Å². The molecule has 0 fully saturated rings. The summed E-state index contributed by atoms with van der Waals surface area (Å²) in [5.41, 5.74) is 0.315. The summed E-state index contributed by atoms with van der Waals surface area (Å²) >= 11 is 0. The Kier molecular flexibility index (Phi) is 4.92. The van der Waals surface area contributed by atoms with Gasteiger partial charge < -0.3 is 14.0 Å². The number of esters is 2. The quantitative estimate of drug-likeness (QED) is 0.726. The van der Waals surface area contributed by atoms with Gasteiger partial charge in [0.25, 0.3) is 0 Å². The van der Waals surface area contributed by atoms with Gasteiger partial charge in [0.05, 0.1) is 26.4 Å². The van der Waals surface area contributed by atoms with E-state index in [1.165, 1.54) is 14.2 Å². The Labute approximate surface area is 134 Å². The average Bonchev–Trinajstić information content (AvgIpc) is 3.09. The monoisotopic (exact) mass is 319 g/mol. The van der Waals surface area contributed by atoms with Gasteiger partial charge >= 0.3 is 11.9 Å². The van der Waals surface area contributed by atoms with Crippen molar-refractivity contribution in [1.82, 2.24) is 9.55 Å². The van der Waals surface area contributed by atoms with Gasteiger partial charge in [-0.25, -0.2) is 9.98 Å². The van der Waals surface area contributed by atoms with Gasteiger partial charge in [-0.1, -0.05) is 0 Å². The first-order chi connectivity index (χ1) is 10.9. The van der Waals surface area contributed by atoms with Crippen molar-refractivity contribution in [2.24, 2.45) is 9.98 Å². The van der Waals surface area contributed by atoms with Gasteiger partial charge in [0, 0.05) is 12.6 Å². The van der Waals surface area contributed by atoms with Crippen molar-refractivity contribution in [3.8, 4) is 0 Å². The number of carbonyl (C=O) groups is 2. The van der Waals surface area contributed by atoms with E-state index in [-0.39, 0.29) is 24.9 Å². The molecule has 1 aliphatic heterocycles. The topological polar surface area (TPSA) is 95.1 Å². The second kappa shape index (κ2) is 6.72. The van der Waals surface area contributed by atoms with E-state index < -0.39 is 5.66 Å². The second-order valence-corrected chi connectivity index (χ2v) is 5.26. The highest BCUT2D eigenvalue weighted by molar-refractivity contribution is 6.32. The van der Waals surface area contributed by atoms with E-state index in [2.05, 4.69) is 30.7 Å². The minimum absolute atomic E-state index is 0.0811. The van der Waals surface area contributed by atoms with Crippen LogP contribution in [0, 0.1) is 6.92 Å². The maximum Gasteiger partial charge on any atom is 0.325 e. The van der Waals surface area contributed by atoms with Crippen LogP contribution in [0.25, 0.3) is 0 Å². The summed E-state index contributed by atoms with van der Waals surface area (Å²) in [6.07, 6.45) is 5.19. The van der Waals surface area contributed by atoms with Gasteiger partial charge in [0.2, 0.25) is 0 Å². The summed E-state index contributed by atoms with van der Waals surface area (Å²) in [6, 6.07) is 0. The molecule has 123 valence electrons. The molecule has 8 nitrogen and oxygen atoms in total. The number of hydrogen-bond acceptors (Lipinski definition) is 7. The largest absolute Gasteiger partial charge is 0.469 e. The van der Waals surface area contributed by atoms with Crippen molar-refractivity contribution < 1.29 is 19.1 Å². The third kappa shape index (κ3) is 3.82. The second-order valence-electron chi connectivity index (χ2n) is 5.26. The molecule has 2 heterocycles. The predicted molar refractivity (Wildman–Crippen MR) is 82.5 cm³/mol. The first-order valence-electron chi connectivity index (χ1n) is 7.12. The van der Waals surface area contributed by atoms with E-state index in [4.69, 9.17) is 0 Å². The molecular weight excluding hydrogens is 300 g/mol. The Morgan fingerprint density at radius 2 is 2.00 bits per heavy atom. The van der Waals surface area contributed by atoms with Crippen LogP contribution in [0.3, 0.4) is 0 Å². The molecule has 0 amide bonds. The Bertz CT molecular complexity index is 677. The predicted octanol–water partition coefficient (Wildman–Crippen LogP) is 0.893. The summed E-state index contributed by atoms with van der Waals surface area (Å²) < 4.78 is 10.9. The molecule has 1 atom stereocenters. The van der Waals surface area contributed by atoms with Crippen LogP contribution < -0.4 is 0 Å². The van der Waals surface area contributed by atoms with Crippen LogP contribution in [0.5, 0.6) is 0 Å². The summed E-state index contributed by atoms with van der Waals surface area (Å²) in [7, 11) is 2.68. The average molecular weight is 319 g/mol. The molecule has 0 saturated carbocycles. The third-order valence-corrected chi connectivity index (χ3v) is 3.54. The number of carbonyl (C=O) groups excluding carboxylic acids is 2. The van der Waals surface area contributed by atoms with Crippen molar-refractivity contribution in [1.29, 1.82) is 0 Å². The third-order valence-electron chi connectivity index (χ3n) is 3.54. The lowest BCUT2D eigenvalue weighted by Crippen LogP contribution is -2.15. The number of aryl methyl sites for hydroxylation is 1. The number of nitrogens with zero attached hydrogens (tertiary/aromatic N) is 4. The Hall–Kier alpha value is -2.51. The van der Waals surface area contributed by atoms with Gasteiger partial charge in [0.15, 0.2) is 5.66 Å². The molecule has 1 unspecified atom stereocenters. The normalized spacial score (nSPS) is 19.6. The lowest BCUT2D eigenvalue weighted by atomic mass is 10.1. The van der Waals surface area contributed by atoms with E-state index >= 15 is 0 Å². The molecule has 0 aromatic carbocycles. The first-order valence-corrected chi connectivity index (χ1v) is 7.12. The fraction of sp³-hybridized carbons (Fsp3) is 0.533. The molecule has 1 aromatic rings. The summed E-state index contributed by atoms with van der Waals surface area (Å²) in [4.78, 5) is 35.8. The van der Waals surface area contributed by atoms with E-state index in [9.17, 15) is 9.59 Å². The van der Waals surface area contributed by atoms with Gasteiger partial charge in [-0.3, -0.25) is 14.6 Å². The standard InChI is InChI=1S/C15H19N4O4/c1-10-17-12(8-19(10)9-14(21)23-4)15(2)16-7-11(18-15)5-6-13(20)22-3/h8H,5-6,9H2,1-4H3. The van der Waals surface area contributed by atoms with Crippen LogP contribution >= 0.6 is 0 Å². The van der Waals surface area contributed by atoms with Gasteiger partial charge in [-0.05, 0) is 13.8 Å². The van der Waals surface area contributed by atoms with Crippen LogP contribution in [-0.4, -0.2) is 47.6 Å². The molecule has 1 aromatic heterocycles. The van der Waals surface area contributed by atoms with Crippen LogP contribution in [0.4, 0.5) is 0 Å². The molecule has 1 radical (unpaired) electrons. The zero-order chi connectivity index (χ0) is 17.0. The van der Waals surface area contributed by atoms with Crippen molar-refractivity contribution in [2.45, 2.75) is 38.9 Å². The Morgan fingerprint density at radius 1 is 1.30 bits per heavy atom. The van der Waals surface area contributed by atoms with Gasteiger partial charge in [-0.15, -0.1) is 0 Å². The molecular formula is C15H19N4O4. The number of imidazole rings is 1. The minimum atomic E-state index is -0.891. The Morgan fingerprint density at radius 3 is 2.65 bits per heavy atom. The zero-order valence-corrected chi connectivity index (χ0v) is 13.6. The molecule has 1 aliphatic rings. The Balaban J connectivity index is 2.14. The number of hydrogen-bond donors (Lipinski definition) is 0. The zero-order valence-electron chi connectivity index (χ0n) is 13.6. The molecule has 0 spiro atoms. The van der Waals surface area contributed by atoms with Crippen LogP contribution in [-0.2, 0) is 31.3 Å². The fourth-order valence-electron chi connectivity index (χ4n) is 2.14. The molecule has 0 N–H and O–H groups in total. The molecule has 8 heteroatoms. The number of aliphatic imine (C=N–C) groups is 2. The minimum Gasteiger partial charge on any atom is -0.469 e. The van der Waals surface area contributed by atoms with Gasteiger partial charge in [0.1, 0.15) is 24.3 Å². The number of aromatic nitrogens is 2. The lowest BCUT2D eigenvalue weighted by Gasteiger charge is -2.13. The lowest BCUT2D eigenvalue weighted by molar-refractivity contribution is -0.141. The molecule has 0 saturated heterocycles. The molecule has 0 aliphatic carbocycles. The van der Waals surface area contributed by atoms with E-state index in [1.54, 1.807) is 24.6 Å². The maximum absolute atomic E-state index is 11.4. The SMILES string of the molecule is COC(=O)CCC1=NC(C)(c2cn(CC(=O)OC)c(C)n2)N=[C]1.